The monoisotopic (exact) mass is 473 g/mol. The molecule has 0 saturated carbocycles. The molecule has 2 rings (SSSR count). The predicted molar refractivity (Wildman–Crippen MR) is 112 cm³/mol. The lowest BCUT2D eigenvalue weighted by Crippen LogP contribution is -2.34. The maximum atomic E-state index is 13.7. The van der Waals surface area contributed by atoms with Crippen LogP contribution < -0.4 is 15.6 Å². The minimum absolute atomic E-state index is 0.0884. The number of aliphatic hydroxyl groups excluding tert-OH is 1. The van der Waals surface area contributed by atoms with Crippen molar-refractivity contribution in [1.82, 2.24) is 9.78 Å². The minimum atomic E-state index is -4.93. The predicted octanol–water partition coefficient (Wildman–Crippen LogP) is 2.06. The fourth-order valence-corrected chi connectivity index (χ4v) is 2.86. The number of anilines is 1. The first-order valence-corrected chi connectivity index (χ1v) is 10.1. The average Bonchev–Trinajstić information content (AvgIpc) is 2.75. The molecule has 33 heavy (non-hydrogen) atoms. The Labute approximate surface area is 188 Å². The van der Waals surface area contributed by atoms with E-state index in [1.165, 1.54) is 14.0 Å². The molecule has 182 valence electrons. The Morgan fingerprint density at radius 2 is 1.91 bits per heavy atom. The van der Waals surface area contributed by atoms with Gasteiger partial charge in [-0.15, -0.1) is 0 Å². The summed E-state index contributed by atoms with van der Waals surface area (Å²) in [5.41, 5.74) is -2.61. The first kappa shape index (κ1) is 26.1. The smallest absolute Gasteiger partial charge is 0.423 e. The van der Waals surface area contributed by atoms with E-state index >= 15 is 0 Å². The van der Waals surface area contributed by atoms with Gasteiger partial charge in [0, 0.05) is 6.04 Å². The number of aromatic nitrogens is 2. The highest BCUT2D eigenvalue weighted by Crippen LogP contribution is 2.32. The van der Waals surface area contributed by atoms with Gasteiger partial charge in [-0.05, 0) is 31.5 Å². The van der Waals surface area contributed by atoms with Gasteiger partial charge >= 0.3 is 12.1 Å². The summed E-state index contributed by atoms with van der Waals surface area (Å²) in [6.07, 6.45) is -5.51. The molecule has 0 aliphatic carbocycles. The Morgan fingerprint density at radius 1 is 1.24 bits per heavy atom. The van der Waals surface area contributed by atoms with Crippen LogP contribution in [0.3, 0.4) is 0 Å². The molecule has 0 spiro atoms. The maximum absolute atomic E-state index is 13.7. The van der Waals surface area contributed by atoms with E-state index in [2.05, 4.69) is 15.2 Å². The second-order valence-corrected chi connectivity index (χ2v) is 7.09. The lowest BCUT2D eigenvalue weighted by Gasteiger charge is -2.20. The summed E-state index contributed by atoms with van der Waals surface area (Å²) >= 11 is 0. The second-order valence-electron chi connectivity index (χ2n) is 7.09. The number of esters is 1. The van der Waals surface area contributed by atoms with Crippen LogP contribution in [0.25, 0.3) is 0 Å². The van der Waals surface area contributed by atoms with Crippen LogP contribution in [0.5, 0.6) is 5.75 Å². The quantitative estimate of drug-likeness (QED) is 0.477. The third-order valence-corrected chi connectivity index (χ3v) is 4.42. The number of hydrogen-bond donors (Lipinski definition) is 2. The van der Waals surface area contributed by atoms with E-state index < -0.39 is 47.7 Å². The van der Waals surface area contributed by atoms with Crippen LogP contribution in [-0.4, -0.2) is 59.9 Å². The van der Waals surface area contributed by atoms with Crippen LogP contribution in [0.1, 0.15) is 25.0 Å². The van der Waals surface area contributed by atoms with Crippen molar-refractivity contribution in [2.45, 2.75) is 38.7 Å². The van der Waals surface area contributed by atoms with E-state index in [1.54, 1.807) is 31.2 Å². The van der Waals surface area contributed by atoms with Crippen LogP contribution >= 0.6 is 0 Å². The fraction of sp³-hybridized carbons (Fsp3) is 0.476. The molecule has 2 atom stereocenters. The molecule has 12 heteroatoms. The molecule has 1 aromatic heterocycles. The van der Waals surface area contributed by atoms with Crippen LogP contribution in [0.15, 0.2) is 35.3 Å². The summed E-state index contributed by atoms with van der Waals surface area (Å²) in [6, 6.07) is 5.80. The Morgan fingerprint density at radius 3 is 2.48 bits per heavy atom. The van der Waals surface area contributed by atoms with Crippen molar-refractivity contribution in [3.63, 3.8) is 0 Å². The van der Waals surface area contributed by atoms with Gasteiger partial charge in [-0.1, -0.05) is 12.1 Å². The molecule has 0 saturated heterocycles. The molecular weight excluding hydrogens is 447 g/mol. The zero-order valence-electron chi connectivity index (χ0n) is 18.4. The van der Waals surface area contributed by atoms with Crippen molar-refractivity contribution in [2.24, 2.45) is 0 Å². The molecule has 9 nitrogen and oxygen atoms in total. The number of carbonyl (C=O) groups excluding carboxylic acids is 1. The standard InChI is InChI=1S/C21H26F3N3O6/c1-4-33-20(30)17(28)12-32-11-13(2)26-16-9-25-27(19(29)18(16)21(22,23)24)10-14-5-7-15(31-3)8-6-14/h5-9,13,17,26,28H,4,10-12H2,1-3H3/t13-,17-/m0/s1. The number of hydrogen-bond acceptors (Lipinski definition) is 8. The molecule has 2 aromatic rings. The normalized spacial score (nSPS) is 13.3. The summed E-state index contributed by atoms with van der Waals surface area (Å²) in [7, 11) is 1.48. The van der Waals surface area contributed by atoms with Crippen LogP contribution in [0, 0.1) is 0 Å². The number of nitrogens with one attached hydrogen (secondary N) is 1. The van der Waals surface area contributed by atoms with E-state index in [0.29, 0.717) is 11.3 Å². The van der Waals surface area contributed by atoms with E-state index in [-0.39, 0.29) is 19.8 Å². The van der Waals surface area contributed by atoms with Crippen molar-refractivity contribution in [3.05, 3.63) is 51.9 Å². The van der Waals surface area contributed by atoms with Crippen LogP contribution in [0.4, 0.5) is 18.9 Å². The second kappa shape index (κ2) is 11.7. The first-order valence-electron chi connectivity index (χ1n) is 10.1. The van der Waals surface area contributed by atoms with Gasteiger partial charge in [0.25, 0.3) is 5.56 Å². The first-order chi connectivity index (χ1) is 15.6. The number of aliphatic hydroxyl groups is 1. The number of methoxy groups -OCH3 is 1. The fourth-order valence-electron chi connectivity index (χ4n) is 2.86. The highest BCUT2D eigenvalue weighted by molar-refractivity contribution is 5.74. The van der Waals surface area contributed by atoms with E-state index in [1.807, 2.05) is 0 Å². The zero-order chi connectivity index (χ0) is 24.6. The summed E-state index contributed by atoms with van der Waals surface area (Å²) in [4.78, 5) is 23.9. The van der Waals surface area contributed by atoms with Crippen LogP contribution in [0.2, 0.25) is 0 Å². The SMILES string of the molecule is CCOC(=O)[C@@H](O)COC[C@H](C)Nc1cnn(Cc2ccc(OC)cc2)c(=O)c1C(F)(F)F. The highest BCUT2D eigenvalue weighted by atomic mass is 19.4. The molecule has 1 heterocycles. The Balaban J connectivity index is 2.12. The number of carbonyl (C=O) groups is 1. The molecule has 0 aliphatic rings. The Kier molecular flexibility index (Phi) is 9.23. The van der Waals surface area contributed by atoms with E-state index in [4.69, 9.17) is 9.47 Å². The molecule has 0 radical (unpaired) electrons. The Bertz CT molecular complexity index is 979. The summed E-state index contributed by atoms with van der Waals surface area (Å²) in [5.74, 6) is -0.289. The lowest BCUT2D eigenvalue weighted by atomic mass is 10.2. The largest absolute Gasteiger partial charge is 0.497 e. The van der Waals surface area contributed by atoms with E-state index in [9.17, 15) is 27.9 Å². The van der Waals surface area contributed by atoms with Gasteiger partial charge in [0.1, 0.15) is 11.3 Å². The minimum Gasteiger partial charge on any atom is -0.497 e. The van der Waals surface area contributed by atoms with Crippen molar-refractivity contribution in [2.75, 3.05) is 32.2 Å². The molecule has 0 aliphatic heterocycles. The third-order valence-electron chi connectivity index (χ3n) is 4.42. The zero-order valence-corrected chi connectivity index (χ0v) is 18.4. The highest BCUT2D eigenvalue weighted by Gasteiger charge is 2.38. The number of alkyl halides is 3. The van der Waals surface area contributed by atoms with Gasteiger partial charge in [0.15, 0.2) is 6.10 Å². The third kappa shape index (κ3) is 7.46. The van der Waals surface area contributed by atoms with Gasteiger partial charge in [0.2, 0.25) is 0 Å². The summed E-state index contributed by atoms with van der Waals surface area (Å²) < 4.78 is 56.6. The number of benzene rings is 1. The van der Waals surface area contributed by atoms with Gasteiger partial charge in [-0.2, -0.15) is 18.3 Å². The summed E-state index contributed by atoms with van der Waals surface area (Å²) in [6.45, 7) is 2.48. The molecular formula is C21H26F3N3O6. The molecule has 1 aromatic carbocycles. The Hall–Kier alpha value is -3.12. The van der Waals surface area contributed by atoms with Crippen molar-refractivity contribution in [1.29, 1.82) is 0 Å². The van der Waals surface area contributed by atoms with Gasteiger partial charge in [-0.3, -0.25) is 4.79 Å². The molecule has 0 fully saturated rings. The van der Waals surface area contributed by atoms with Gasteiger partial charge in [-0.25, -0.2) is 9.48 Å². The van der Waals surface area contributed by atoms with Gasteiger partial charge in [0.05, 0.1) is 45.4 Å². The molecule has 0 amide bonds. The molecule has 0 bridgehead atoms. The van der Waals surface area contributed by atoms with E-state index in [0.717, 1.165) is 10.9 Å². The maximum Gasteiger partial charge on any atom is 0.423 e. The van der Waals surface area contributed by atoms with Crippen molar-refractivity contribution >= 4 is 11.7 Å². The summed E-state index contributed by atoms with van der Waals surface area (Å²) in [5, 5.41) is 16.0. The van der Waals surface area contributed by atoms with Crippen molar-refractivity contribution < 1.29 is 37.3 Å². The number of halogens is 3. The number of rotatable bonds is 11. The van der Waals surface area contributed by atoms with Crippen molar-refractivity contribution in [3.8, 4) is 5.75 Å². The average molecular weight is 473 g/mol. The van der Waals surface area contributed by atoms with Crippen LogP contribution in [-0.2, 0) is 27.0 Å². The molecule has 2 N–H and O–H groups in total. The van der Waals surface area contributed by atoms with Gasteiger partial charge < -0.3 is 24.6 Å². The number of ether oxygens (including phenoxy) is 3. The molecule has 0 unspecified atom stereocenters. The lowest BCUT2D eigenvalue weighted by molar-refractivity contribution is -0.156. The number of nitrogens with zero attached hydrogens (tertiary/aromatic N) is 2. The topological polar surface area (TPSA) is 112 Å².